The van der Waals surface area contributed by atoms with Crippen LogP contribution in [0.15, 0.2) is 29.4 Å². The molecule has 0 saturated heterocycles. The number of hydrogen-bond acceptors (Lipinski definition) is 5. The lowest BCUT2D eigenvalue weighted by Crippen LogP contribution is -2.41. The Kier molecular flexibility index (Phi) is 5.94. The molecule has 8 nitrogen and oxygen atoms in total. The van der Waals surface area contributed by atoms with Crippen LogP contribution in [-0.4, -0.2) is 28.0 Å². The van der Waals surface area contributed by atoms with Crippen molar-refractivity contribution in [3.8, 4) is 0 Å². The van der Waals surface area contributed by atoms with Crippen LogP contribution in [-0.2, 0) is 4.79 Å². The smallest absolute Gasteiger partial charge is 0.282 e. The van der Waals surface area contributed by atoms with E-state index < -0.39 is 10.8 Å². The number of amides is 2. The van der Waals surface area contributed by atoms with Crippen molar-refractivity contribution in [1.82, 2.24) is 10.7 Å². The fourth-order valence-electron chi connectivity index (χ4n) is 1.77. The van der Waals surface area contributed by atoms with E-state index in [-0.39, 0.29) is 29.1 Å². The first-order valence-corrected chi connectivity index (χ1v) is 6.98. The molecule has 0 unspecified atom stereocenters. The third-order valence-electron chi connectivity index (χ3n) is 2.62. The van der Waals surface area contributed by atoms with Gasteiger partial charge in [0, 0.05) is 17.3 Å². The summed E-state index contributed by atoms with van der Waals surface area (Å²) in [5, 5.41) is 17.5. The summed E-state index contributed by atoms with van der Waals surface area (Å²) in [5.41, 5.74) is 1.87. The number of hydrazone groups is 1. The predicted octanol–water partition coefficient (Wildman–Crippen LogP) is 2.01. The van der Waals surface area contributed by atoms with Crippen molar-refractivity contribution in [3.05, 3.63) is 39.9 Å². The highest BCUT2D eigenvalue weighted by Gasteiger charge is 2.19. The minimum atomic E-state index is -0.701. The van der Waals surface area contributed by atoms with Crippen LogP contribution in [0.5, 0.6) is 0 Å². The molecule has 1 aromatic rings. The number of nitro groups is 1. The van der Waals surface area contributed by atoms with Gasteiger partial charge in [0.1, 0.15) is 5.56 Å². The minimum absolute atomic E-state index is 0.0223. The summed E-state index contributed by atoms with van der Waals surface area (Å²) in [6, 6.07) is 5.57. The average Bonchev–Trinajstić information content (AvgIpc) is 2.42. The Hall–Kier alpha value is -2.77. The van der Waals surface area contributed by atoms with E-state index in [1.807, 2.05) is 20.8 Å². The SMILES string of the molecule is CC(CC(=O)NC(C)(C)C)=NNC(=O)c1ccccc1[N+](=O)[O-]. The lowest BCUT2D eigenvalue weighted by Gasteiger charge is -2.20. The van der Waals surface area contributed by atoms with E-state index in [1.54, 1.807) is 6.92 Å². The van der Waals surface area contributed by atoms with Crippen molar-refractivity contribution >= 4 is 23.2 Å². The summed E-state index contributed by atoms with van der Waals surface area (Å²) in [5.74, 6) is -0.924. The summed E-state index contributed by atoms with van der Waals surface area (Å²) >= 11 is 0. The predicted molar refractivity (Wildman–Crippen MR) is 86.2 cm³/mol. The molecule has 0 spiro atoms. The molecule has 0 aromatic heterocycles. The zero-order valence-corrected chi connectivity index (χ0v) is 13.5. The van der Waals surface area contributed by atoms with Gasteiger partial charge >= 0.3 is 0 Å². The first-order chi connectivity index (χ1) is 10.6. The third kappa shape index (κ3) is 6.25. The van der Waals surface area contributed by atoms with E-state index in [9.17, 15) is 19.7 Å². The molecule has 0 bridgehead atoms. The molecular formula is C15H20N4O4. The Morgan fingerprint density at radius 2 is 1.87 bits per heavy atom. The normalized spacial score (nSPS) is 11.7. The van der Waals surface area contributed by atoms with Gasteiger partial charge in [0.05, 0.1) is 11.3 Å². The molecule has 1 aromatic carbocycles. The topological polar surface area (TPSA) is 114 Å². The van der Waals surface area contributed by atoms with E-state index in [2.05, 4.69) is 15.8 Å². The number of benzene rings is 1. The first-order valence-electron chi connectivity index (χ1n) is 6.98. The molecule has 0 heterocycles. The second-order valence-electron chi connectivity index (χ2n) is 6.04. The van der Waals surface area contributed by atoms with E-state index in [1.165, 1.54) is 24.3 Å². The Bertz CT molecular complexity index is 647. The van der Waals surface area contributed by atoms with Crippen molar-refractivity contribution < 1.29 is 14.5 Å². The maximum Gasteiger partial charge on any atom is 0.282 e. The van der Waals surface area contributed by atoms with Crippen LogP contribution in [0.4, 0.5) is 5.69 Å². The highest BCUT2D eigenvalue weighted by molar-refractivity contribution is 6.02. The van der Waals surface area contributed by atoms with Gasteiger partial charge in [-0.15, -0.1) is 0 Å². The average molecular weight is 320 g/mol. The highest BCUT2D eigenvalue weighted by atomic mass is 16.6. The van der Waals surface area contributed by atoms with Crippen LogP contribution in [0, 0.1) is 10.1 Å². The summed E-state index contributed by atoms with van der Waals surface area (Å²) < 4.78 is 0. The monoisotopic (exact) mass is 320 g/mol. The van der Waals surface area contributed by atoms with Crippen LogP contribution < -0.4 is 10.7 Å². The van der Waals surface area contributed by atoms with Gasteiger partial charge in [0.2, 0.25) is 5.91 Å². The molecule has 0 aliphatic carbocycles. The Labute approximate surface area is 134 Å². The van der Waals surface area contributed by atoms with Gasteiger partial charge in [-0.3, -0.25) is 19.7 Å². The van der Waals surface area contributed by atoms with Gasteiger partial charge in [-0.05, 0) is 33.8 Å². The molecule has 8 heteroatoms. The molecule has 1 rings (SSSR count). The van der Waals surface area contributed by atoms with Crippen molar-refractivity contribution in [2.75, 3.05) is 0 Å². The molecule has 0 aliphatic rings. The molecule has 2 N–H and O–H groups in total. The van der Waals surface area contributed by atoms with Crippen LogP contribution >= 0.6 is 0 Å². The summed E-state index contributed by atoms with van der Waals surface area (Å²) in [6.45, 7) is 7.15. The second-order valence-corrected chi connectivity index (χ2v) is 6.04. The first kappa shape index (κ1) is 18.3. The van der Waals surface area contributed by atoms with Crippen LogP contribution in [0.25, 0.3) is 0 Å². The molecule has 0 aliphatic heterocycles. The largest absolute Gasteiger partial charge is 0.351 e. The molecule has 0 saturated carbocycles. The number of nitro benzene ring substituents is 1. The molecule has 0 radical (unpaired) electrons. The quantitative estimate of drug-likeness (QED) is 0.490. The van der Waals surface area contributed by atoms with Crippen LogP contribution in [0.1, 0.15) is 44.5 Å². The summed E-state index contributed by atoms with van der Waals surface area (Å²) in [4.78, 5) is 33.9. The van der Waals surface area contributed by atoms with Crippen molar-refractivity contribution in [2.24, 2.45) is 5.10 Å². The fourth-order valence-corrected chi connectivity index (χ4v) is 1.77. The van der Waals surface area contributed by atoms with Crippen molar-refractivity contribution in [3.63, 3.8) is 0 Å². The lowest BCUT2D eigenvalue weighted by atomic mass is 10.1. The summed E-state index contributed by atoms with van der Waals surface area (Å²) in [6.07, 6.45) is 0.0223. The molecular weight excluding hydrogens is 300 g/mol. The Balaban J connectivity index is 2.72. The van der Waals surface area contributed by atoms with Gasteiger partial charge in [0.15, 0.2) is 0 Å². The maximum absolute atomic E-state index is 12.0. The van der Waals surface area contributed by atoms with E-state index in [4.69, 9.17) is 0 Å². The Morgan fingerprint density at radius 3 is 2.43 bits per heavy atom. The molecule has 0 atom stereocenters. The molecule has 124 valence electrons. The van der Waals surface area contributed by atoms with Gasteiger partial charge in [-0.25, -0.2) is 5.43 Å². The minimum Gasteiger partial charge on any atom is -0.351 e. The van der Waals surface area contributed by atoms with Crippen LogP contribution in [0.3, 0.4) is 0 Å². The number of para-hydroxylation sites is 1. The molecule has 0 fully saturated rings. The molecule has 23 heavy (non-hydrogen) atoms. The van der Waals surface area contributed by atoms with E-state index in [0.29, 0.717) is 5.71 Å². The van der Waals surface area contributed by atoms with Gasteiger partial charge < -0.3 is 5.32 Å². The Morgan fingerprint density at radius 1 is 1.26 bits per heavy atom. The van der Waals surface area contributed by atoms with Crippen molar-refractivity contribution in [1.29, 1.82) is 0 Å². The molecule has 2 amide bonds. The number of nitrogens with one attached hydrogen (secondary N) is 2. The van der Waals surface area contributed by atoms with Gasteiger partial charge in [-0.2, -0.15) is 5.10 Å². The zero-order chi connectivity index (χ0) is 17.6. The van der Waals surface area contributed by atoms with E-state index >= 15 is 0 Å². The van der Waals surface area contributed by atoms with Crippen molar-refractivity contribution in [2.45, 2.75) is 39.7 Å². The van der Waals surface area contributed by atoms with Crippen LogP contribution in [0.2, 0.25) is 0 Å². The lowest BCUT2D eigenvalue weighted by molar-refractivity contribution is -0.385. The maximum atomic E-state index is 12.0. The standard InChI is InChI=1S/C15H20N4O4/c1-10(9-13(20)16-15(2,3)4)17-18-14(21)11-7-5-6-8-12(11)19(22)23/h5-8H,9H2,1-4H3,(H,16,20)(H,18,21). The summed E-state index contributed by atoms with van der Waals surface area (Å²) in [7, 11) is 0. The number of rotatable bonds is 5. The number of carbonyl (C=O) groups is 2. The third-order valence-corrected chi connectivity index (χ3v) is 2.62. The second kappa shape index (κ2) is 7.48. The fraction of sp³-hybridized carbons (Fsp3) is 0.400. The van der Waals surface area contributed by atoms with Gasteiger partial charge in [0.25, 0.3) is 11.6 Å². The zero-order valence-electron chi connectivity index (χ0n) is 13.5. The van der Waals surface area contributed by atoms with Gasteiger partial charge in [-0.1, -0.05) is 12.1 Å². The van der Waals surface area contributed by atoms with E-state index in [0.717, 1.165) is 0 Å². The number of nitrogens with zero attached hydrogens (tertiary/aromatic N) is 2. The number of carbonyl (C=O) groups excluding carboxylic acids is 2. The number of hydrogen-bond donors (Lipinski definition) is 2. The highest BCUT2D eigenvalue weighted by Crippen LogP contribution is 2.17.